The maximum Gasteiger partial charge on any atom is 0.264 e. The largest absolute Gasteiger partial charge is 0.335 e. The SMILES string of the molecule is CCn1cc(C(=O)Nc2ccc(-c3ccc(C(=O)N4CCNCC4)s3)cc2)c(=O)c2ccc(C)nc21. The molecule has 184 valence electrons. The standard InChI is InChI=1S/C27H27N5O3S/c1-3-31-16-21(24(33)20-9-4-17(2)29-25(20)31)26(34)30-19-7-5-18(6-8-19)22-10-11-23(36-22)27(35)32-14-12-28-13-15-32/h4-11,16,28H,3,12-15H2,1-2H3,(H,30,34). The van der Waals surface area contributed by atoms with Crippen molar-refractivity contribution in [3.63, 3.8) is 0 Å². The highest BCUT2D eigenvalue weighted by atomic mass is 32.1. The first-order valence-electron chi connectivity index (χ1n) is 12.0. The molecule has 8 nitrogen and oxygen atoms in total. The number of nitrogens with one attached hydrogen (secondary N) is 2. The number of pyridine rings is 2. The molecule has 0 unspecified atom stereocenters. The van der Waals surface area contributed by atoms with E-state index in [4.69, 9.17) is 0 Å². The smallest absolute Gasteiger partial charge is 0.264 e. The number of piperazine rings is 1. The minimum Gasteiger partial charge on any atom is -0.335 e. The second-order valence-electron chi connectivity index (χ2n) is 8.72. The number of hydrogen-bond acceptors (Lipinski definition) is 6. The fourth-order valence-electron chi connectivity index (χ4n) is 4.31. The molecule has 2 N–H and O–H groups in total. The Kier molecular flexibility index (Phi) is 6.67. The van der Waals surface area contributed by atoms with Gasteiger partial charge in [0, 0.05) is 55.2 Å². The van der Waals surface area contributed by atoms with Crippen LogP contribution >= 0.6 is 11.3 Å². The first kappa shape index (κ1) is 23.9. The molecule has 4 heterocycles. The van der Waals surface area contributed by atoms with Crippen molar-refractivity contribution in [2.45, 2.75) is 20.4 Å². The van der Waals surface area contributed by atoms with E-state index in [-0.39, 0.29) is 16.9 Å². The zero-order valence-corrected chi connectivity index (χ0v) is 21.0. The molecule has 5 rings (SSSR count). The molecule has 1 saturated heterocycles. The van der Waals surface area contributed by atoms with Crippen molar-refractivity contribution in [1.82, 2.24) is 19.8 Å². The topological polar surface area (TPSA) is 96.3 Å². The number of fused-ring (bicyclic) bond motifs is 1. The lowest BCUT2D eigenvalue weighted by Gasteiger charge is -2.26. The Morgan fingerprint density at radius 1 is 1.06 bits per heavy atom. The summed E-state index contributed by atoms with van der Waals surface area (Å²) in [5.41, 5.74) is 2.67. The van der Waals surface area contributed by atoms with Crippen LogP contribution in [0.3, 0.4) is 0 Å². The Bertz CT molecular complexity index is 1500. The molecule has 1 aromatic carbocycles. The van der Waals surface area contributed by atoms with Gasteiger partial charge in [0.1, 0.15) is 11.2 Å². The van der Waals surface area contributed by atoms with Crippen molar-refractivity contribution >= 4 is 39.9 Å². The highest BCUT2D eigenvalue weighted by molar-refractivity contribution is 7.17. The van der Waals surface area contributed by atoms with Crippen LogP contribution in [0.15, 0.2) is 59.5 Å². The third-order valence-electron chi connectivity index (χ3n) is 6.29. The molecule has 36 heavy (non-hydrogen) atoms. The summed E-state index contributed by atoms with van der Waals surface area (Å²) < 4.78 is 1.82. The summed E-state index contributed by atoms with van der Waals surface area (Å²) in [4.78, 5) is 46.8. The average molecular weight is 502 g/mol. The molecule has 0 radical (unpaired) electrons. The van der Waals surface area contributed by atoms with E-state index in [1.807, 2.05) is 47.6 Å². The quantitative estimate of drug-likeness (QED) is 0.434. The minimum atomic E-state index is -0.461. The molecule has 0 spiro atoms. The number of hydrogen-bond donors (Lipinski definition) is 2. The molecule has 0 saturated carbocycles. The van der Waals surface area contributed by atoms with Crippen molar-refractivity contribution in [1.29, 1.82) is 0 Å². The van der Waals surface area contributed by atoms with Crippen molar-refractivity contribution in [2.75, 3.05) is 31.5 Å². The van der Waals surface area contributed by atoms with Crippen molar-refractivity contribution in [2.24, 2.45) is 0 Å². The highest BCUT2D eigenvalue weighted by Gasteiger charge is 2.20. The van der Waals surface area contributed by atoms with Crippen molar-refractivity contribution < 1.29 is 9.59 Å². The lowest BCUT2D eigenvalue weighted by Crippen LogP contribution is -2.46. The third-order valence-corrected chi connectivity index (χ3v) is 7.42. The molecule has 3 aromatic heterocycles. The van der Waals surface area contributed by atoms with Crippen LogP contribution in [0.2, 0.25) is 0 Å². The van der Waals surface area contributed by atoms with Crippen LogP contribution in [0, 0.1) is 6.92 Å². The Morgan fingerprint density at radius 3 is 2.53 bits per heavy atom. The molecule has 9 heteroatoms. The molecule has 0 atom stereocenters. The summed E-state index contributed by atoms with van der Waals surface area (Å²) in [5.74, 6) is -0.396. The van der Waals surface area contributed by atoms with Crippen LogP contribution in [0.4, 0.5) is 5.69 Å². The number of nitrogens with zero attached hydrogens (tertiary/aromatic N) is 3. The van der Waals surface area contributed by atoms with E-state index in [1.165, 1.54) is 11.3 Å². The van der Waals surface area contributed by atoms with Crippen LogP contribution in [0.1, 0.15) is 32.6 Å². The lowest BCUT2D eigenvalue weighted by molar-refractivity contribution is 0.0740. The van der Waals surface area contributed by atoms with E-state index in [9.17, 15) is 14.4 Å². The number of aryl methyl sites for hydroxylation is 2. The molecule has 4 aromatic rings. The van der Waals surface area contributed by atoms with E-state index < -0.39 is 5.91 Å². The predicted molar refractivity (Wildman–Crippen MR) is 143 cm³/mol. The summed E-state index contributed by atoms with van der Waals surface area (Å²) >= 11 is 1.46. The van der Waals surface area contributed by atoms with Gasteiger partial charge in [-0.1, -0.05) is 12.1 Å². The number of thiophene rings is 1. The first-order valence-corrected chi connectivity index (χ1v) is 12.8. The van der Waals surface area contributed by atoms with Crippen LogP contribution in [0.5, 0.6) is 0 Å². The summed E-state index contributed by atoms with van der Waals surface area (Å²) in [6.07, 6.45) is 1.57. The monoisotopic (exact) mass is 501 g/mol. The zero-order chi connectivity index (χ0) is 25.2. The van der Waals surface area contributed by atoms with Gasteiger partial charge in [0.15, 0.2) is 0 Å². The number of amides is 2. The van der Waals surface area contributed by atoms with Crippen molar-refractivity contribution in [3.8, 4) is 10.4 Å². The molecule has 1 aliphatic rings. The molecule has 1 fully saturated rings. The Labute approximate surface area is 212 Å². The molecule has 1 aliphatic heterocycles. The summed E-state index contributed by atoms with van der Waals surface area (Å²) in [6.45, 7) is 7.48. The number of aromatic nitrogens is 2. The Hall–Kier alpha value is -3.82. The number of rotatable bonds is 5. The minimum absolute atomic E-state index is 0.0649. The Balaban J connectivity index is 1.33. The predicted octanol–water partition coefficient (Wildman–Crippen LogP) is 3.75. The lowest BCUT2D eigenvalue weighted by atomic mass is 10.1. The molecule has 2 amide bonds. The maximum absolute atomic E-state index is 13.0. The second-order valence-corrected chi connectivity index (χ2v) is 9.80. The van der Waals surface area contributed by atoms with Gasteiger partial charge in [0.05, 0.1) is 10.3 Å². The van der Waals surface area contributed by atoms with E-state index >= 15 is 0 Å². The maximum atomic E-state index is 13.0. The van der Waals surface area contributed by atoms with Gasteiger partial charge >= 0.3 is 0 Å². The third kappa shape index (κ3) is 4.67. The van der Waals surface area contributed by atoms with Crippen LogP contribution < -0.4 is 16.1 Å². The van der Waals surface area contributed by atoms with Gasteiger partial charge in [-0.25, -0.2) is 4.98 Å². The van der Waals surface area contributed by atoms with E-state index in [2.05, 4.69) is 15.6 Å². The summed E-state index contributed by atoms with van der Waals surface area (Å²) in [7, 11) is 0. The number of anilines is 1. The van der Waals surface area contributed by atoms with E-state index in [0.717, 1.165) is 47.2 Å². The van der Waals surface area contributed by atoms with Gasteiger partial charge in [0.25, 0.3) is 11.8 Å². The van der Waals surface area contributed by atoms with Gasteiger partial charge in [-0.3, -0.25) is 14.4 Å². The molecule has 0 bridgehead atoms. The summed E-state index contributed by atoms with van der Waals surface area (Å²) in [5, 5.41) is 6.52. The second kappa shape index (κ2) is 10.0. The van der Waals surface area contributed by atoms with Crippen molar-refractivity contribution in [3.05, 3.63) is 81.1 Å². The normalized spacial score (nSPS) is 13.7. The summed E-state index contributed by atoms with van der Waals surface area (Å²) in [6, 6.07) is 14.7. The highest BCUT2D eigenvalue weighted by Crippen LogP contribution is 2.30. The number of carbonyl (C=O) groups is 2. The van der Waals surface area contributed by atoms with E-state index in [0.29, 0.717) is 23.3 Å². The molecular formula is C27H27N5O3S. The first-order chi connectivity index (χ1) is 17.4. The molecular weight excluding hydrogens is 474 g/mol. The van der Waals surface area contributed by atoms with Gasteiger partial charge in [-0.2, -0.15) is 0 Å². The van der Waals surface area contributed by atoms with Crippen LogP contribution in [-0.2, 0) is 6.54 Å². The van der Waals surface area contributed by atoms with E-state index in [1.54, 1.807) is 30.5 Å². The van der Waals surface area contributed by atoms with Gasteiger partial charge in [-0.15, -0.1) is 11.3 Å². The van der Waals surface area contributed by atoms with Gasteiger partial charge < -0.3 is 20.1 Å². The van der Waals surface area contributed by atoms with Crippen LogP contribution in [0.25, 0.3) is 21.5 Å². The zero-order valence-electron chi connectivity index (χ0n) is 20.2. The Morgan fingerprint density at radius 2 is 1.81 bits per heavy atom. The van der Waals surface area contributed by atoms with Crippen LogP contribution in [-0.4, -0.2) is 52.4 Å². The fraction of sp³-hybridized carbons (Fsp3) is 0.259. The average Bonchev–Trinajstić information content (AvgIpc) is 3.39. The van der Waals surface area contributed by atoms with Gasteiger partial charge in [0.2, 0.25) is 5.43 Å². The fourth-order valence-corrected chi connectivity index (χ4v) is 5.29. The number of carbonyl (C=O) groups excluding carboxylic acids is 2. The number of benzene rings is 1. The van der Waals surface area contributed by atoms with Gasteiger partial charge in [-0.05, 0) is 55.8 Å². The molecule has 0 aliphatic carbocycles.